The number of methoxy groups -OCH3 is 2. The Morgan fingerprint density at radius 3 is 1.45 bits per heavy atom. The lowest BCUT2D eigenvalue weighted by atomic mass is 10.1. The van der Waals surface area contributed by atoms with Crippen molar-refractivity contribution in [3.8, 4) is 0 Å². The number of carbonyl (C=O) groups excluding carboxylic acids is 2. The molecule has 1 aromatic rings. The van der Waals surface area contributed by atoms with Gasteiger partial charge < -0.3 is 9.47 Å². The molecule has 1 unspecified atom stereocenters. The van der Waals surface area contributed by atoms with Gasteiger partial charge in [-0.1, -0.05) is 38.4 Å². The summed E-state index contributed by atoms with van der Waals surface area (Å²) in [7, 11) is 3.12. The van der Waals surface area contributed by atoms with Crippen LogP contribution < -0.4 is 0 Å². The van der Waals surface area contributed by atoms with Gasteiger partial charge in [0.05, 0.1) is 33.1 Å². The minimum Gasteiger partial charge on any atom is -0.465 e. The van der Waals surface area contributed by atoms with Gasteiger partial charge in [-0.25, -0.2) is 9.59 Å². The summed E-state index contributed by atoms with van der Waals surface area (Å²) < 4.78 is 9.05. The van der Waals surface area contributed by atoms with E-state index in [0.717, 1.165) is 0 Å². The molecule has 0 heterocycles. The monoisotopic (exact) mass is 314 g/mol. The van der Waals surface area contributed by atoms with Gasteiger partial charge in [-0.3, -0.25) is 0 Å². The number of benzene rings is 1. The van der Waals surface area contributed by atoms with E-state index in [2.05, 4.69) is 35.8 Å². The molecule has 0 radical (unpaired) electrons. The molecular formula is C14H23O4PSi. The Bertz CT molecular complexity index is 420. The van der Waals surface area contributed by atoms with Crippen LogP contribution >= 0.6 is 8.13 Å². The highest BCUT2D eigenvalue weighted by Crippen LogP contribution is 2.21. The summed E-state index contributed by atoms with van der Waals surface area (Å²) in [5, 5.41) is 0. The number of hydrogen-bond acceptors (Lipinski definition) is 4. The first-order valence-electron chi connectivity index (χ1n) is 6.21. The lowest BCUT2D eigenvalue weighted by Gasteiger charge is -2.09. The molecule has 20 heavy (non-hydrogen) atoms. The van der Waals surface area contributed by atoms with Crippen LogP contribution in [-0.4, -0.2) is 40.6 Å². The van der Waals surface area contributed by atoms with Crippen molar-refractivity contribution >= 4 is 27.8 Å². The molecule has 1 atom stereocenters. The SMILES string of the molecule is COC(=O)c1ccccc1C(=O)OC.CP[Si](C)(C)C. The zero-order chi connectivity index (χ0) is 15.8. The molecule has 6 heteroatoms. The highest BCUT2D eigenvalue weighted by molar-refractivity contribution is 7.80. The predicted molar refractivity (Wildman–Crippen MR) is 86.7 cm³/mol. The van der Waals surface area contributed by atoms with Crippen LogP contribution in [0.15, 0.2) is 24.3 Å². The van der Waals surface area contributed by atoms with Gasteiger partial charge in [0.1, 0.15) is 0 Å². The van der Waals surface area contributed by atoms with E-state index in [1.165, 1.54) is 34.5 Å². The fourth-order valence-electron chi connectivity index (χ4n) is 1.06. The van der Waals surface area contributed by atoms with Gasteiger partial charge in [-0.05, 0) is 12.1 Å². The van der Waals surface area contributed by atoms with E-state index in [1.54, 1.807) is 12.1 Å². The summed E-state index contributed by atoms with van der Waals surface area (Å²) in [5.74, 6) is -1.10. The van der Waals surface area contributed by atoms with Crippen LogP contribution in [0.1, 0.15) is 20.7 Å². The average molecular weight is 314 g/mol. The minimum atomic E-state index is -0.603. The number of ether oxygens (including phenoxy) is 2. The highest BCUT2D eigenvalue weighted by atomic mass is 31.3. The number of rotatable bonds is 3. The Balaban J connectivity index is 0.000000511. The molecule has 1 aromatic carbocycles. The van der Waals surface area contributed by atoms with E-state index in [1.807, 2.05) is 0 Å². The second kappa shape index (κ2) is 8.87. The van der Waals surface area contributed by atoms with Crippen LogP contribution in [0.2, 0.25) is 19.6 Å². The predicted octanol–water partition coefficient (Wildman–Crippen LogP) is 3.39. The maximum Gasteiger partial charge on any atom is 0.338 e. The van der Waals surface area contributed by atoms with E-state index in [0.29, 0.717) is 0 Å². The number of carbonyl (C=O) groups is 2. The van der Waals surface area contributed by atoms with Crippen LogP contribution in [-0.2, 0) is 9.47 Å². The third kappa shape index (κ3) is 6.82. The second-order valence-electron chi connectivity index (χ2n) is 5.03. The molecule has 0 aromatic heterocycles. The molecule has 0 bridgehead atoms. The van der Waals surface area contributed by atoms with Crippen molar-refractivity contribution in [1.82, 2.24) is 0 Å². The van der Waals surface area contributed by atoms with Gasteiger partial charge in [0.15, 0.2) is 0 Å². The van der Waals surface area contributed by atoms with Crippen molar-refractivity contribution in [3.05, 3.63) is 35.4 Å². The smallest absolute Gasteiger partial charge is 0.338 e. The minimum absolute atomic E-state index is 0.210. The standard InChI is InChI=1S/C10H10O4.C4H13PSi/c1-13-9(11)7-5-3-4-6-8(7)10(12)14-2;1-5-6(2,3)4/h3-6H,1-2H3;5H,1-4H3. The molecule has 112 valence electrons. The lowest BCUT2D eigenvalue weighted by molar-refractivity contribution is 0.0555. The Morgan fingerprint density at radius 2 is 1.25 bits per heavy atom. The molecule has 0 saturated carbocycles. The van der Waals surface area contributed by atoms with Gasteiger partial charge in [-0.2, -0.15) is 0 Å². The lowest BCUT2D eigenvalue weighted by Crippen LogP contribution is -2.11. The maximum atomic E-state index is 11.2. The van der Waals surface area contributed by atoms with Crippen molar-refractivity contribution in [2.24, 2.45) is 0 Å². The maximum absolute atomic E-state index is 11.2. The van der Waals surface area contributed by atoms with E-state index >= 15 is 0 Å². The Hall–Kier alpha value is -1.19. The zero-order valence-corrected chi connectivity index (χ0v) is 14.9. The number of esters is 2. The molecule has 0 aliphatic heterocycles. The molecule has 0 N–H and O–H groups in total. The van der Waals surface area contributed by atoms with Crippen molar-refractivity contribution in [3.63, 3.8) is 0 Å². The summed E-state index contributed by atoms with van der Waals surface area (Å²) in [4.78, 5) is 22.4. The topological polar surface area (TPSA) is 52.6 Å². The molecule has 0 spiro atoms. The second-order valence-corrected chi connectivity index (χ2v) is 16.0. The summed E-state index contributed by atoms with van der Waals surface area (Å²) in [6.07, 6.45) is 0. The fraction of sp³-hybridized carbons (Fsp3) is 0.429. The molecule has 4 nitrogen and oxygen atoms in total. The van der Waals surface area contributed by atoms with E-state index < -0.39 is 19.7 Å². The van der Waals surface area contributed by atoms with E-state index in [4.69, 9.17) is 0 Å². The van der Waals surface area contributed by atoms with Crippen LogP contribution in [0.25, 0.3) is 0 Å². The van der Waals surface area contributed by atoms with E-state index in [9.17, 15) is 9.59 Å². The van der Waals surface area contributed by atoms with E-state index in [-0.39, 0.29) is 11.1 Å². The van der Waals surface area contributed by atoms with Crippen molar-refractivity contribution in [2.75, 3.05) is 20.9 Å². The Labute approximate surface area is 123 Å². The molecule has 0 saturated heterocycles. The van der Waals surface area contributed by atoms with Crippen LogP contribution in [0, 0.1) is 0 Å². The van der Waals surface area contributed by atoms with Crippen LogP contribution in [0.3, 0.4) is 0 Å². The molecule has 0 aliphatic rings. The first-order valence-corrected chi connectivity index (χ1v) is 12.2. The van der Waals surface area contributed by atoms with Gasteiger partial charge >= 0.3 is 11.9 Å². The number of hydrogen-bond donors (Lipinski definition) is 0. The third-order valence-corrected chi connectivity index (χ3v) is 8.49. The first-order chi connectivity index (χ1) is 9.26. The van der Waals surface area contributed by atoms with Crippen molar-refractivity contribution in [2.45, 2.75) is 19.6 Å². The largest absolute Gasteiger partial charge is 0.465 e. The summed E-state index contributed by atoms with van der Waals surface area (Å²) >= 11 is 0. The van der Waals surface area contributed by atoms with Gasteiger partial charge in [0.2, 0.25) is 0 Å². The van der Waals surface area contributed by atoms with Crippen LogP contribution in [0.5, 0.6) is 0 Å². The Morgan fingerprint density at radius 1 is 0.950 bits per heavy atom. The summed E-state index contributed by atoms with van der Waals surface area (Å²) in [6.45, 7) is 9.48. The van der Waals surface area contributed by atoms with Gasteiger partial charge in [0.25, 0.3) is 0 Å². The highest BCUT2D eigenvalue weighted by Gasteiger charge is 2.16. The van der Waals surface area contributed by atoms with Gasteiger partial charge in [0, 0.05) is 0 Å². The molecule has 0 aliphatic carbocycles. The molecular weight excluding hydrogens is 291 g/mol. The van der Waals surface area contributed by atoms with Crippen molar-refractivity contribution < 1.29 is 19.1 Å². The molecule has 1 rings (SSSR count). The quantitative estimate of drug-likeness (QED) is 0.487. The van der Waals surface area contributed by atoms with Crippen LogP contribution in [0.4, 0.5) is 0 Å². The Kier molecular flexibility index (Phi) is 8.35. The summed E-state index contributed by atoms with van der Waals surface area (Å²) in [6, 6.07) is 6.33. The van der Waals surface area contributed by atoms with Gasteiger partial charge in [-0.15, -0.1) is 8.13 Å². The normalized spacial score (nSPS) is 10.7. The zero-order valence-electron chi connectivity index (χ0n) is 12.9. The third-order valence-electron chi connectivity index (χ3n) is 2.49. The first kappa shape index (κ1) is 18.8. The fourth-order valence-corrected chi connectivity index (χ4v) is 1.06. The summed E-state index contributed by atoms with van der Waals surface area (Å²) in [5.41, 5.74) is 0.420. The molecule has 0 amide bonds. The van der Waals surface area contributed by atoms with Crippen molar-refractivity contribution in [1.29, 1.82) is 0 Å². The average Bonchev–Trinajstić information content (AvgIpc) is 2.45. The molecule has 0 fully saturated rings.